The lowest BCUT2D eigenvalue weighted by Gasteiger charge is -2.09. The minimum absolute atomic E-state index is 0.115. The third-order valence-corrected chi connectivity index (χ3v) is 5.34. The van der Waals surface area contributed by atoms with E-state index in [2.05, 4.69) is 15.3 Å². The number of hydrogen-bond donors (Lipinski definition) is 1. The SMILES string of the molecule is COCCOC(=O)c1sc2ncnc(Nc3ccc([N+](=O)[O-])cc3Cl)c2c1C. The molecule has 0 aliphatic heterocycles. The fourth-order valence-corrected chi connectivity index (χ4v) is 3.76. The first-order chi connectivity index (χ1) is 13.4. The summed E-state index contributed by atoms with van der Waals surface area (Å²) in [4.78, 5) is 32.1. The molecule has 1 N–H and O–H groups in total. The molecule has 2 heterocycles. The highest BCUT2D eigenvalue weighted by Gasteiger charge is 2.21. The summed E-state index contributed by atoms with van der Waals surface area (Å²) in [5.74, 6) is -0.0256. The molecular formula is C17H15ClN4O5S. The third-order valence-electron chi connectivity index (χ3n) is 3.85. The number of carbonyl (C=O) groups is 1. The molecule has 0 saturated carbocycles. The Hall–Kier alpha value is -2.82. The molecule has 146 valence electrons. The van der Waals surface area contributed by atoms with Crippen molar-refractivity contribution in [2.24, 2.45) is 0 Å². The number of esters is 1. The van der Waals surface area contributed by atoms with E-state index < -0.39 is 10.9 Å². The smallest absolute Gasteiger partial charge is 0.348 e. The van der Waals surface area contributed by atoms with Gasteiger partial charge in [0.25, 0.3) is 5.69 Å². The van der Waals surface area contributed by atoms with Crippen molar-refractivity contribution in [3.05, 3.63) is 50.1 Å². The predicted octanol–water partition coefficient (Wildman–Crippen LogP) is 4.11. The first-order valence-corrected chi connectivity index (χ1v) is 9.23. The maximum absolute atomic E-state index is 12.3. The highest BCUT2D eigenvalue weighted by Crippen LogP contribution is 2.36. The zero-order valence-electron chi connectivity index (χ0n) is 14.9. The summed E-state index contributed by atoms with van der Waals surface area (Å²) >= 11 is 7.34. The van der Waals surface area contributed by atoms with E-state index in [1.54, 1.807) is 6.92 Å². The van der Waals surface area contributed by atoms with E-state index in [-0.39, 0.29) is 17.3 Å². The van der Waals surface area contributed by atoms with Crippen LogP contribution in [0.3, 0.4) is 0 Å². The van der Waals surface area contributed by atoms with Gasteiger partial charge in [0.1, 0.15) is 28.5 Å². The average Bonchev–Trinajstić information content (AvgIpc) is 3.01. The molecule has 3 aromatic rings. The number of aromatic nitrogens is 2. The minimum Gasteiger partial charge on any atom is -0.459 e. The zero-order valence-corrected chi connectivity index (χ0v) is 16.5. The molecule has 0 spiro atoms. The van der Waals surface area contributed by atoms with Crippen molar-refractivity contribution in [1.29, 1.82) is 0 Å². The minimum atomic E-state index is -0.525. The molecule has 0 aliphatic carbocycles. The summed E-state index contributed by atoms with van der Waals surface area (Å²) in [7, 11) is 1.52. The summed E-state index contributed by atoms with van der Waals surface area (Å²) in [5, 5.41) is 14.7. The van der Waals surface area contributed by atoms with Gasteiger partial charge in [-0.1, -0.05) is 11.6 Å². The van der Waals surface area contributed by atoms with Gasteiger partial charge in [0.15, 0.2) is 0 Å². The van der Waals surface area contributed by atoms with Crippen LogP contribution < -0.4 is 5.32 Å². The van der Waals surface area contributed by atoms with E-state index in [9.17, 15) is 14.9 Å². The van der Waals surface area contributed by atoms with Gasteiger partial charge in [-0.3, -0.25) is 10.1 Å². The maximum Gasteiger partial charge on any atom is 0.348 e. The number of rotatable bonds is 7. The number of hydrogen-bond acceptors (Lipinski definition) is 9. The largest absolute Gasteiger partial charge is 0.459 e. The van der Waals surface area contributed by atoms with Crippen LogP contribution in [0.25, 0.3) is 10.2 Å². The molecule has 11 heteroatoms. The summed E-state index contributed by atoms with van der Waals surface area (Å²) < 4.78 is 10.1. The van der Waals surface area contributed by atoms with Gasteiger partial charge in [0, 0.05) is 19.2 Å². The highest BCUT2D eigenvalue weighted by atomic mass is 35.5. The number of halogens is 1. The molecular weight excluding hydrogens is 408 g/mol. The molecule has 0 bridgehead atoms. The Morgan fingerprint density at radius 2 is 2.14 bits per heavy atom. The highest BCUT2D eigenvalue weighted by molar-refractivity contribution is 7.20. The fourth-order valence-electron chi connectivity index (χ4n) is 2.49. The van der Waals surface area contributed by atoms with Crippen molar-refractivity contribution in [2.75, 3.05) is 25.6 Å². The van der Waals surface area contributed by atoms with Gasteiger partial charge in [0.2, 0.25) is 0 Å². The Morgan fingerprint density at radius 1 is 1.36 bits per heavy atom. The molecule has 0 unspecified atom stereocenters. The lowest BCUT2D eigenvalue weighted by atomic mass is 10.2. The first kappa shape index (κ1) is 19.9. The first-order valence-electron chi connectivity index (χ1n) is 8.03. The normalized spacial score (nSPS) is 10.8. The van der Waals surface area contributed by atoms with Gasteiger partial charge in [-0.05, 0) is 18.6 Å². The van der Waals surface area contributed by atoms with Crippen LogP contribution in [0.2, 0.25) is 5.02 Å². The molecule has 3 rings (SSSR count). The number of non-ortho nitro benzene ring substituents is 1. The molecule has 0 atom stereocenters. The van der Waals surface area contributed by atoms with Crippen LogP contribution in [0.4, 0.5) is 17.2 Å². The number of aryl methyl sites for hydroxylation is 1. The van der Waals surface area contributed by atoms with Crippen LogP contribution in [-0.4, -0.2) is 41.2 Å². The number of anilines is 2. The van der Waals surface area contributed by atoms with E-state index >= 15 is 0 Å². The topological polar surface area (TPSA) is 116 Å². The summed E-state index contributed by atoms with van der Waals surface area (Å²) in [6, 6.07) is 4.09. The van der Waals surface area contributed by atoms with Crippen LogP contribution in [0.5, 0.6) is 0 Å². The van der Waals surface area contributed by atoms with Gasteiger partial charge in [-0.25, -0.2) is 14.8 Å². The van der Waals surface area contributed by atoms with Crippen molar-refractivity contribution in [2.45, 2.75) is 6.92 Å². The number of methoxy groups -OCH3 is 1. The Bertz CT molecular complexity index is 1060. The number of ether oxygens (including phenoxy) is 2. The van der Waals surface area contributed by atoms with Crippen LogP contribution in [0.1, 0.15) is 15.2 Å². The lowest BCUT2D eigenvalue weighted by Crippen LogP contribution is -2.09. The number of nitrogens with one attached hydrogen (secondary N) is 1. The van der Waals surface area contributed by atoms with E-state index in [4.69, 9.17) is 21.1 Å². The van der Waals surface area contributed by atoms with Gasteiger partial charge >= 0.3 is 5.97 Å². The number of benzene rings is 1. The maximum atomic E-state index is 12.3. The molecule has 28 heavy (non-hydrogen) atoms. The Morgan fingerprint density at radius 3 is 2.82 bits per heavy atom. The number of carbonyl (C=O) groups excluding carboxylic acids is 1. The standard InChI is InChI=1S/C17H15ClN4O5S/c1-9-13-15(21-12-4-3-10(22(24)25)7-11(12)18)19-8-20-16(13)28-14(9)17(23)27-6-5-26-2/h3-4,7-8H,5-6H2,1-2H3,(H,19,20,21). The fraction of sp³-hybridized carbons (Fsp3) is 0.235. The molecule has 0 aliphatic rings. The molecule has 0 radical (unpaired) electrons. The summed E-state index contributed by atoms with van der Waals surface area (Å²) in [5.41, 5.74) is 1.00. The van der Waals surface area contributed by atoms with E-state index in [1.807, 2.05) is 0 Å². The molecule has 0 fully saturated rings. The molecule has 0 saturated heterocycles. The number of fused-ring (bicyclic) bond motifs is 1. The Balaban J connectivity index is 1.94. The third kappa shape index (κ3) is 4.03. The molecule has 1 aromatic carbocycles. The van der Waals surface area contributed by atoms with Crippen molar-refractivity contribution in [3.8, 4) is 0 Å². The van der Waals surface area contributed by atoms with Crippen molar-refractivity contribution in [3.63, 3.8) is 0 Å². The average molecular weight is 423 g/mol. The van der Waals surface area contributed by atoms with Crippen LogP contribution >= 0.6 is 22.9 Å². The van der Waals surface area contributed by atoms with Crippen LogP contribution in [0, 0.1) is 17.0 Å². The number of thiophene rings is 1. The van der Waals surface area contributed by atoms with Gasteiger partial charge in [0.05, 0.1) is 27.6 Å². The Labute approximate surface area is 168 Å². The van der Waals surface area contributed by atoms with Crippen molar-refractivity contribution >= 4 is 56.3 Å². The van der Waals surface area contributed by atoms with Crippen molar-refractivity contribution < 1.29 is 19.2 Å². The number of nitro groups is 1. The van der Waals surface area contributed by atoms with Gasteiger partial charge in [-0.15, -0.1) is 11.3 Å². The second kappa shape index (κ2) is 8.46. The molecule has 0 amide bonds. The lowest BCUT2D eigenvalue weighted by molar-refractivity contribution is -0.384. The van der Waals surface area contributed by atoms with Crippen molar-refractivity contribution in [1.82, 2.24) is 9.97 Å². The summed E-state index contributed by atoms with van der Waals surface area (Å²) in [6.07, 6.45) is 1.36. The monoisotopic (exact) mass is 422 g/mol. The molecule has 2 aromatic heterocycles. The van der Waals surface area contributed by atoms with E-state index in [0.717, 1.165) is 0 Å². The van der Waals surface area contributed by atoms with Gasteiger partial charge < -0.3 is 14.8 Å². The van der Waals surface area contributed by atoms with E-state index in [1.165, 1.54) is 43.0 Å². The Kier molecular flexibility index (Phi) is 6.02. The molecule has 9 nitrogen and oxygen atoms in total. The van der Waals surface area contributed by atoms with Crippen LogP contribution in [-0.2, 0) is 9.47 Å². The number of nitrogens with zero attached hydrogens (tertiary/aromatic N) is 3. The number of nitro benzene ring substituents is 1. The quantitative estimate of drug-likeness (QED) is 0.261. The van der Waals surface area contributed by atoms with Crippen LogP contribution in [0.15, 0.2) is 24.5 Å². The van der Waals surface area contributed by atoms with Gasteiger partial charge in [-0.2, -0.15) is 0 Å². The summed E-state index contributed by atoms with van der Waals surface area (Å²) in [6.45, 7) is 2.23. The zero-order chi connectivity index (χ0) is 20.3. The second-order valence-corrected chi connectivity index (χ2v) is 7.04. The predicted molar refractivity (Wildman–Crippen MR) is 106 cm³/mol. The second-order valence-electron chi connectivity index (χ2n) is 5.63. The van der Waals surface area contributed by atoms with E-state index in [0.29, 0.717) is 38.8 Å².